The summed E-state index contributed by atoms with van der Waals surface area (Å²) < 4.78 is 5.98. The molecule has 3 heteroatoms. The van der Waals surface area contributed by atoms with Crippen LogP contribution >= 0.6 is 0 Å². The first kappa shape index (κ1) is 16.3. The highest BCUT2D eigenvalue weighted by Gasteiger charge is 2.18. The van der Waals surface area contributed by atoms with Gasteiger partial charge in [-0.1, -0.05) is 63.1 Å². The number of rotatable bonds is 8. The van der Waals surface area contributed by atoms with Crippen LogP contribution in [0.1, 0.15) is 39.5 Å². The highest BCUT2D eigenvalue weighted by atomic mass is 16.5. The molecule has 0 aliphatic heterocycles. The Hall–Kier alpha value is -2.03. The fraction of sp³-hybridized carbons (Fsp3) is 0.421. The topological polar surface area (TPSA) is 38.3 Å². The fourth-order valence-corrected chi connectivity index (χ4v) is 2.47. The number of carbonyl (C=O) groups is 1. The van der Waals surface area contributed by atoms with E-state index in [1.54, 1.807) is 0 Å². The van der Waals surface area contributed by atoms with Crippen molar-refractivity contribution < 1.29 is 9.53 Å². The number of hydrogen-bond donors (Lipinski definition) is 1. The van der Waals surface area contributed by atoms with Gasteiger partial charge < -0.3 is 10.1 Å². The predicted molar refractivity (Wildman–Crippen MR) is 91.2 cm³/mol. The summed E-state index contributed by atoms with van der Waals surface area (Å²) in [6, 6.07) is 14.0. The summed E-state index contributed by atoms with van der Waals surface area (Å²) in [5.74, 6) is 0.750. The minimum atomic E-state index is -0.438. The van der Waals surface area contributed by atoms with Crippen molar-refractivity contribution in [1.82, 2.24) is 5.32 Å². The van der Waals surface area contributed by atoms with Crippen LogP contribution in [0.4, 0.5) is 0 Å². The summed E-state index contributed by atoms with van der Waals surface area (Å²) in [6.07, 6.45) is 3.53. The van der Waals surface area contributed by atoms with E-state index < -0.39 is 6.10 Å². The standard InChI is InChI=1S/C19H25NO2/c1-3-5-8-14-20-19(21)17(4-2)22-18-13-9-11-15-10-6-7-12-16(15)18/h6-7,9-13,17H,3-5,8,14H2,1-2H3,(H,20,21). The van der Waals surface area contributed by atoms with Gasteiger partial charge in [0, 0.05) is 11.9 Å². The number of benzene rings is 2. The van der Waals surface area contributed by atoms with Crippen LogP contribution in [-0.2, 0) is 4.79 Å². The zero-order valence-electron chi connectivity index (χ0n) is 13.5. The molecule has 2 aromatic carbocycles. The number of carbonyl (C=O) groups excluding carboxylic acids is 1. The fourth-order valence-electron chi connectivity index (χ4n) is 2.47. The molecule has 2 rings (SSSR count). The van der Waals surface area contributed by atoms with E-state index >= 15 is 0 Å². The molecule has 1 amide bonds. The second-order valence-electron chi connectivity index (χ2n) is 5.49. The van der Waals surface area contributed by atoms with E-state index in [1.165, 1.54) is 0 Å². The van der Waals surface area contributed by atoms with Crippen molar-refractivity contribution in [2.75, 3.05) is 6.54 Å². The zero-order valence-corrected chi connectivity index (χ0v) is 13.5. The molecule has 0 saturated carbocycles. The smallest absolute Gasteiger partial charge is 0.261 e. The Balaban J connectivity index is 2.04. The molecule has 0 aromatic heterocycles. The molecule has 0 spiro atoms. The van der Waals surface area contributed by atoms with E-state index in [9.17, 15) is 4.79 Å². The minimum absolute atomic E-state index is 0.0217. The lowest BCUT2D eigenvalue weighted by Gasteiger charge is -2.18. The molecule has 2 aromatic rings. The molecule has 0 fully saturated rings. The monoisotopic (exact) mass is 299 g/mol. The molecule has 1 N–H and O–H groups in total. The van der Waals surface area contributed by atoms with Crippen LogP contribution < -0.4 is 10.1 Å². The Morgan fingerprint density at radius 1 is 1.09 bits per heavy atom. The van der Waals surface area contributed by atoms with Crippen LogP contribution in [0, 0.1) is 0 Å². The highest BCUT2D eigenvalue weighted by molar-refractivity contribution is 5.89. The third kappa shape index (κ3) is 4.23. The average Bonchev–Trinajstić information content (AvgIpc) is 2.56. The van der Waals surface area contributed by atoms with Gasteiger partial charge in [0.1, 0.15) is 5.75 Å². The van der Waals surface area contributed by atoms with Crippen molar-refractivity contribution in [2.45, 2.75) is 45.6 Å². The lowest BCUT2D eigenvalue weighted by molar-refractivity contribution is -0.128. The van der Waals surface area contributed by atoms with Crippen molar-refractivity contribution >= 4 is 16.7 Å². The van der Waals surface area contributed by atoms with Crippen molar-refractivity contribution in [3.8, 4) is 5.75 Å². The summed E-state index contributed by atoms with van der Waals surface area (Å²) in [4.78, 5) is 12.2. The molecule has 0 radical (unpaired) electrons. The van der Waals surface area contributed by atoms with E-state index in [1.807, 2.05) is 49.4 Å². The Morgan fingerprint density at radius 2 is 1.86 bits per heavy atom. The SMILES string of the molecule is CCCCCNC(=O)C(CC)Oc1cccc2ccccc12. The molecule has 1 unspecified atom stereocenters. The summed E-state index contributed by atoms with van der Waals surface area (Å²) in [5.41, 5.74) is 0. The Bertz CT molecular complexity index is 604. The molecule has 3 nitrogen and oxygen atoms in total. The maximum atomic E-state index is 12.2. The van der Waals surface area contributed by atoms with E-state index in [-0.39, 0.29) is 5.91 Å². The first-order valence-electron chi connectivity index (χ1n) is 8.18. The van der Waals surface area contributed by atoms with Gasteiger partial charge in [-0.15, -0.1) is 0 Å². The lowest BCUT2D eigenvalue weighted by Crippen LogP contribution is -2.38. The lowest BCUT2D eigenvalue weighted by atomic mass is 10.1. The van der Waals surface area contributed by atoms with Crippen LogP contribution in [-0.4, -0.2) is 18.6 Å². The molecule has 0 aliphatic rings. The van der Waals surface area contributed by atoms with Crippen LogP contribution in [0.3, 0.4) is 0 Å². The van der Waals surface area contributed by atoms with Crippen LogP contribution in [0.15, 0.2) is 42.5 Å². The molecule has 0 aliphatic carbocycles. The molecule has 0 bridgehead atoms. The Kier molecular flexibility index (Phi) is 6.26. The first-order chi connectivity index (χ1) is 10.8. The number of amides is 1. The number of hydrogen-bond acceptors (Lipinski definition) is 2. The van der Waals surface area contributed by atoms with Gasteiger partial charge in [0.05, 0.1) is 0 Å². The Labute approximate surface area is 132 Å². The van der Waals surface area contributed by atoms with Crippen molar-refractivity contribution in [1.29, 1.82) is 0 Å². The van der Waals surface area contributed by atoms with Gasteiger partial charge in [0.15, 0.2) is 6.10 Å². The second-order valence-corrected chi connectivity index (χ2v) is 5.49. The van der Waals surface area contributed by atoms with E-state index in [2.05, 4.69) is 12.2 Å². The first-order valence-corrected chi connectivity index (χ1v) is 8.18. The molecule has 0 saturated heterocycles. The summed E-state index contributed by atoms with van der Waals surface area (Å²) in [5, 5.41) is 5.14. The molecule has 1 atom stereocenters. The normalized spacial score (nSPS) is 12.1. The van der Waals surface area contributed by atoms with Crippen molar-refractivity contribution in [3.63, 3.8) is 0 Å². The summed E-state index contributed by atoms with van der Waals surface area (Å²) >= 11 is 0. The average molecular weight is 299 g/mol. The predicted octanol–water partition coefficient (Wildman–Crippen LogP) is 4.30. The van der Waals surface area contributed by atoms with Gasteiger partial charge in [-0.3, -0.25) is 4.79 Å². The van der Waals surface area contributed by atoms with Gasteiger partial charge in [-0.25, -0.2) is 0 Å². The highest BCUT2D eigenvalue weighted by Crippen LogP contribution is 2.26. The third-order valence-corrected chi connectivity index (χ3v) is 3.76. The van der Waals surface area contributed by atoms with E-state index in [0.717, 1.165) is 42.3 Å². The quantitative estimate of drug-likeness (QED) is 0.738. The largest absolute Gasteiger partial charge is 0.480 e. The van der Waals surface area contributed by atoms with E-state index in [0.29, 0.717) is 6.42 Å². The maximum absolute atomic E-state index is 12.2. The molecule has 22 heavy (non-hydrogen) atoms. The summed E-state index contributed by atoms with van der Waals surface area (Å²) in [7, 11) is 0. The second kappa shape index (κ2) is 8.42. The Morgan fingerprint density at radius 3 is 2.64 bits per heavy atom. The number of fused-ring (bicyclic) bond motifs is 1. The number of ether oxygens (including phenoxy) is 1. The van der Waals surface area contributed by atoms with Crippen LogP contribution in [0.2, 0.25) is 0 Å². The van der Waals surface area contributed by atoms with Gasteiger partial charge in [-0.2, -0.15) is 0 Å². The van der Waals surface area contributed by atoms with Gasteiger partial charge >= 0.3 is 0 Å². The third-order valence-electron chi connectivity index (χ3n) is 3.76. The van der Waals surface area contributed by atoms with Gasteiger partial charge in [0.25, 0.3) is 5.91 Å². The van der Waals surface area contributed by atoms with Crippen LogP contribution in [0.25, 0.3) is 10.8 Å². The van der Waals surface area contributed by atoms with Crippen LogP contribution in [0.5, 0.6) is 5.75 Å². The zero-order chi connectivity index (χ0) is 15.8. The number of nitrogens with one attached hydrogen (secondary N) is 1. The molecular weight excluding hydrogens is 274 g/mol. The number of unbranched alkanes of at least 4 members (excludes halogenated alkanes) is 2. The molecular formula is C19H25NO2. The minimum Gasteiger partial charge on any atom is -0.480 e. The van der Waals surface area contributed by atoms with Crippen molar-refractivity contribution in [3.05, 3.63) is 42.5 Å². The summed E-state index contributed by atoms with van der Waals surface area (Å²) in [6.45, 7) is 4.85. The van der Waals surface area contributed by atoms with Gasteiger partial charge in [-0.05, 0) is 24.3 Å². The molecule has 0 heterocycles. The van der Waals surface area contributed by atoms with Gasteiger partial charge in [0.2, 0.25) is 0 Å². The maximum Gasteiger partial charge on any atom is 0.261 e. The van der Waals surface area contributed by atoms with E-state index in [4.69, 9.17) is 4.74 Å². The van der Waals surface area contributed by atoms with Crippen molar-refractivity contribution in [2.24, 2.45) is 0 Å². The molecule has 118 valence electrons.